The molecular formula is C12H18N2O2S. The van der Waals surface area contributed by atoms with E-state index in [1.54, 1.807) is 5.38 Å². The minimum absolute atomic E-state index is 0.129. The molecule has 2 N–H and O–H groups in total. The van der Waals surface area contributed by atoms with Gasteiger partial charge in [-0.05, 0) is 31.3 Å². The molecule has 0 aliphatic heterocycles. The molecule has 0 unspecified atom stereocenters. The summed E-state index contributed by atoms with van der Waals surface area (Å²) in [7, 11) is 0. The van der Waals surface area contributed by atoms with E-state index in [4.69, 9.17) is 0 Å². The highest BCUT2D eigenvalue weighted by molar-refractivity contribution is 7.03. The first kappa shape index (κ1) is 12.5. The third kappa shape index (κ3) is 3.04. The van der Waals surface area contributed by atoms with Crippen molar-refractivity contribution >= 4 is 17.4 Å². The topological polar surface area (TPSA) is 62.2 Å². The SMILES string of the molecule is Cc1nscc1C(=O)NCC1(O)CCCCC1. The fourth-order valence-electron chi connectivity index (χ4n) is 2.24. The zero-order valence-electron chi connectivity index (χ0n) is 10.0. The summed E-state index contributed by atoms with van der Waals surface area (Å²) in [6.07, 6.45) is 4.85. The smallest absolute Gasteiger partial charge is 0.254 e. The van der Waals surface area contributed by atoms with E-state index in [-0.39, 0.29) is 5.91 Å². The molecule has 1 aromatic rings. The van der Waals surface area contributed by atoms with Crippen molar-refractivity contribution in [3.63, 3.8) is 0 Å². The van der Waals surface area contributed by atoms with E-state index in [1.807, 2.05) is 6.92 Å². The van der Waals surface area contributed by atoms with Crippen molar-refractivity contribution in [2.24, 2.45) is 0 Å². The van der Waals surface area contributed by atoms with Gasteiger partial charge < -0.3 is 10.4 Å². The lowest BCUT2D eigenvalue weighted by Gasteiger charge is -2.32. The Morgan fingerprint density at radius 1 is 1.53 bits per heavy atom. The van der Waals surface area contributed by atoms with Crippen LogP contribution in [0.25, 0.3) is 0 Å². The van der Waals surface area contributed by atoms with Crippen LogP contribution >= 0.6 is 11.5 Å². The molecule has 1 heterocycles. The third-order valence-corrected chi connectivity index (χ3v) is 4.08. The zero-order chi connectivity index (χ0) is 12.3. The molecule has 2 rings (SSSR count). The van der Waals surface area contributed by atoms with Gasteiger partial charge in [-0.25, -0.2) is 0 Å². The minimum Gasteiger partial charge on any atom is -0.388 e. The Kier molecular flexibility index (Phi) is 3.79. The van der Waals surface area contributed by atoms with Crippen molar-refractivity contribution in [2.45, 2.75) is 44.6 Å². The Balaban J connectivity index is 1.90. The molecule has 0 bridgehead atoms. The van der Waals surface area contributed by atoms with E-state index in [9.17, 15) is 9.90 Å². The Labute approximate surface area is 105 Å². The lowest BCUT2D eigenvalue weighted by molar-refractivity contribution is 0.00525. The second kappa shape index (κ2) is 5.14. The van der Waals surface area contributed by atoms with Gasteiger partial charge in [0, 0.05) is 11.9 Å². The van der Waals surface area contributed by atoms with Crippen LogP contribution in [-0.2, 0) is 0 Å². The molecule has 0 aromatic carbocycles. The Hall–Kier alpha value is -0.940. The van der Waals surface area contributed by atoms with Gasteiger partial charge in [-0.3, -0.25) is 4.79 Å². The molecular weight excluding hydrogens is 236 g/mol. The maximum Gasteiger partial charge on any atom is 0.254 e. The molecule has 1 amide bonds. The van der Waals surface area contributed by atoms with Gasteiger partial charge in [0.15, 0.2) is 0 Å². The first-order valence-electron chi connectivity index (χ1n) is 6.02. The van der Waals surface area contributed by atoms with Gasteiger partial charge in [0.05, 0.1) is 16.9 Å². The number of carbonyl (C=O) groups excluding carboxylic acids is 1. The summed E-state index contributed by atoms with van der Waals surface area (Å²) in [5, 5.41) is 14.8. The maximum absolute atomic E-state index is 11.9. The van der Waals surface area contributed by atoms with Gasteiger partial charge in [0.1, 0.15) is 0 Å². The summed E-state index contributed by atoms with van der Waals surface area (Å²) < 4.78 is 4.07. The molecule has 4 nitrogen and oxygen atoms in total. The zero-order valence-corrected chi connectivity index (χ0v) is 10.8. The number of hydrogen-bond donors (Lipinski definition) is 2. The fourth-order valence-corrected chi connectivity index (χ4v) is 2.93. The van der Waals surface area contributed by atoms with Crippen molar-refractivity contribution in [2.75, 3.05) is 6.54 Å². The molecule has 0 radical (unpaired) electrons. The van der Waals surface area contributed by atoms with Gasteiger partial charge in [-0.2, -0.15) is 4.37 Å². The van der Waals surface area contributed by atoms with Gasteiger partial charge in [0.25, 0.3) is 5.91 Å². The van der Waals surface area contributed by atoms with Crippen molar-refractivity contribution in [3.05, 3.63) is 16.6 Å². The van der Waals surface area contributed by atoms with Crippen LogP contribution in [0.4, 0.5) is 0 Å². The van der Waals surface area contributed by atoms with E-state index in [1.165, 1.54) is 18.0 Å². The number of aromatic nitrogens is 1. The Bertz CT molecular complexity index is 397. The fraction of sp³-hybridized carbons (Fsp3) is 0.667. The number of hydrogen-bond acceptors (Lipinski definition) is 4. The predicted molar refractivity (Wildman–Crippen MR) is 67.2 cm³/mol. The third-order valence-electron chi connectivity index (χ3n) is 3.36. The van der Waals surface area contributed by atoms with E-state index in [0.717, 1.165) is 31.4 Å². The van der Waals surface area contributed by atoms with Crippen LogP contribution < -0.4 is 5.32 Å². The molecule has 17 heavy (non-hydrogen) atoms. The first-order valence-corrected chi connectivity index (χ1v) is 6.86. The number of amides is 1. The number of aryl methyl sites for hydroxylation is 1. The summed E-state index contributed by atoms with van der Waals surface area (Å²) in [4.78, 5) is 11.9. The quantitative estimate of drug-likeness (QED) is 0.865. The van der Waals surface area contributed by atoms with E-state index >= 15 is 0 Å². The van der Waals surface area contributed by atoms with Gasteiger partial charge in [-0.1, -0.05) is 19.3 Å². The highest BCUT2D eigenvalue weighted by Crippen LogP contribution is 2.27. The second-order valence-electron chi connectivity index (χ2n) is 4.78. The van der Waals surface area contributed by atoms with Crippen LogP contribution in [0.1, 0.15) is 48.2 Å². The summed E-state index contributed by atoms with van der Waals surface area (Å²) >= 11 is 1.28. The maximum atomic E-state index is 11.9. The van der Waals surface area contributed by atoms with Crippen LogP contribution in [0.5, 0.6) is 0 Å². The number of carbonyl (C=O) groups is 1. The number of rotatable bonds is 3. The largest absolute Gasteiger partial charge is 0.388 e. The van der Waals surface area contributed by atoms with Crippen molar-refractivity contribution < 1.29 is 9.90 Å². The molecule has 1 aliphatic rings. The number of nitrogens with one attached hydrogen (secondary N) is 1. The summed E-state index contributed by atoms with van der Waals surface area (Å²) in [6, 6.07) is 0. The molecule has 94 valence electrons. The lowest BCUT2D eigenvalue weighted by atomic mass is 9.85. The summed E-state index contributed by atoms with van der Waals surface area (Å²) in [5.41, 5.74) is 0.670. The molecule has 0 saturated heterocycles. The number of nitrogens with zero attached hydrogens (tertiary/aromatic N) is 1. The van der Waals surface area contributed by atoms with Crippen LogP contribution in [0.3, 0.4) is 0 Å². The lowest BCUT2D eigenvalue weighted by Crippen LogP contribution is -2.44. The highest BCUT2D eigenvalue weighted by atomic mass is 32.1. The van der Waals surface area contributed by atoms with Crippen molar-refractivity contribution in [1.82, 2.24) is 9.69 Å². The molecule has 1 fully saturated rings. The van der Waals surface area contributed by atoms with Crippen molar-refractivity contribution in [1.29, 1.82) is 0 Å². The van der Waals surface area contributed by atoms with Gasteiger partial charge >= 0.3 is 0 Å². The van der Waals surface area contributed by atoms with E-state index in [0.29, 0.717) is 12.1 Å². The normalized spacial score (nSPS) is 18.9. The Morgan fingerprint density at radius 3 is 2.82 bits per heavy atom. The van der Waals surface area contributed by atoms with Gasteiger partial charge in [0.2, 0.25) is 0 Å². The molecule has 1 saturated carbocycles. The molecule has 0 atom stereocenters. The molecule has 1 aromatic heterocycles. The highest BCUT2D eigenvalue weighted by Gasteiger charge is 2.29. The van der Waals surface area contributed by atoms with Crippen LogP contribution in [0.15, 0.2) is 5.38 Å². The van der Waals surface area contributed by atoms with Crippen molar-refractivity contribution in [3.8, 4) is 0 Å². The standard InChI is InChI=1S/C12H18N2O2S/c1-9-10(7-17-14-9)11(15)13-8-12(16)5-3-2-4-6-12/h7,16H,2-6,8H2,1H3,(H,13,15). The average molecular weight is 254 g/mol. The van der Waals surface area contributed by atoms with Gasteiger partial charge in [-0.15, -0.1) is 0 Å². The van der Waals surface area contributed by atoms with Crippen LogP contribution in [0.2, 0.25) is 0 Å². The Morgan fingerprint density at radius 2 is 2.24 bits per heavy atom. The van der Waals surface area contributed by atoms with Crippen LogP contribution in [0, 0.1) is 6.92 Å². The first-order chi connectivity index (χ1) is 8.11. The monoisotopic (exact) mass is 254 g/mol. The predicted octanol–water partition coefficient (Wildman–Crippen LogP) is 1.88. The second-order valence-corrected chi connectivity index (χ2v) is 5.41. The van der Waals surface area contributed by atoms with Crippen LogP contribution in [-0.4, -0.2) is 27.5 Å². The molecule has 5 heteroatoms. The van der Waals surface area contributed by atoms with E-state index in [2.05, 4.69) is 9.69 Å². The summed E-state index contributed by atoms with van der Waals surface area (Å²) in [5.74, 6) is -0.129. The summed E-state index contributed by atoms with van der Waals surface area (Å²) in [6.45, 7) is 2.17. The average Bonchev–Trinajstić information content (AvgIpc) is 2.74. The molecule has 0 spiro atoms. The minimum atomic E-state index is -0.703. The number of aliphatic hydroxyl groups is 1. The molecule has 1 aliphatic carbocycles. The van der Waals surface area contributed by atoms with E-state index < -0.39 is 5.60 Å².